The lowest BCUT2D eigenvalue weighted by Crippen LogP contribution is -2.50. The van der Waals surface area contributed by atoms with Gasteiger partial charge < -0.3 is 20.1 Å². The van der Waals surface area contributed by atoms with E-state index in [2.05, 4.69) is 53.4 Å². The fourth-order valence-electron chi connectivity index (χ4n) is 3.30. The number of benzene rings is 1. The van der Waals surface area contributed by atoms with Gasteiger partial charge in [-0.1, -0.05) is 51.1 Å². The Bertz CT molecular complexity index is 565. The number of nitrogens with zero attached hydrogens (tertiary/aromatic N) is 2. The average Bonchev–Trinajstić information content (AvgIpc) is 2.69. The summed E-state index contributed by atoms with van der Waals surface area (Å²) in [5, 5.41) is 6.79. The molecule has 28 heavy (non-hydrogen) atoms. The van der Waals surface area contributed by atoms with Gasteiger partial charge in [-0.25, -0.2) is 0 Å². The summed E-state index contributed by atoms with van der Waals surface area (Å²) in [4.78, 5) is 6.81. The van der Waals surface area contributed by atoms with Crippen molar-refractivity contribution >= 4 is 5.96 Å². The van der Waals surface area contributed by atoms with Gasteiger partial charge in [0.15, 0.2) is 5.96 Å². The first-order valence-electron chi connectivity index (χ1n) is 10.5. The number of nitrogens with one attached hydrogen (secondary N) is 2. The van der Waals surface area contributed by atoms with Crippen molar-refractivity contribution in [3.8, 4) is 0 Å². The molecule has 0 aliphatic carbocycles. The molecule has 0 spiro atoms. The lowest BCUT2D eigenvalue weighted by atomic mass is 10.2. The minimum atomic E-state index is 0.206. The van der Waals surface area contributed by atoms with Crippen molar-refractivity contribution < 1.29 is 9.47 Å². The molecule has 0 radical (unpaired) electrons. The Morgan fingerprint density at radius 2 is 2.04 bits per heavy atom. The third-order valence-electron chi connectivity index (χ3n) is 4.70. The molecule has 6 heteroatoms. The van der Waals surface area contributed by atoms with E-state index in [1.165, 1.54) is 5.56 Å². The van der Waals surface area contributed by atoms with E-state index in [0.29, 0.717) is 18.4 Å². The van der Waals surface area contributed by atoms with E-state index in [-0.39, 0.29) is 6.10 Å². The number of hydrogen-bond donors (Lipinski definition) is 2. The van der Waals surface area contributed by atoms with Crippen molar-refractivity contribution in [3.05, 3.63) is 35.9 Å². The molecule has 0 aromatic heterocycles. The lowest BCUT2D eigenvalue weighted by molar-refractivity contribution is -0.0284. The SMILES string of the molecule is CN=C(NCC(C)COCc1ccccc1)NCC1CN(CC(C)C)CCO1. The van der Waals surface area contributed by atoms with E-state index < -0.39 is 0 Å². The van der Waals surface area contributed by atoms with Crippen molar-refractivity contribution in [2.75, 3.05) is 53.0 Å². The highest BCUT2D eigenvalue weighted by Crippen LogP contribution is 2.07. The maximum Gasteiger partial charge on any atom is 0.191 e. The van der Waals surface area contributed by atoms with Gasteiger partial charge in [0.05, 0.1) is 25.9 Å². The van der Waals surface area contributed by atoms with Crippen LogP contribution in [0.1, 0.15) is 26.3 Å². The number of ether oxygens (including phenoxy) is 2. The molecule has 158 valence electrons. The third-order valence-corrected chi connectivity index (χ3v) is 4.70. The molecule has 0 saturated carbocycles. The fourth-order valence-corrected chi connectivity index (χ4v) is 3.30. The number of hydrogen-bond acceptors (Lipinski definition) is 4. The summed E-state index contributed by atoms with van der Waals surface area (Å²) < 4.78 is 11.7. The Kier molecular flexibility index (Phi) is 10.3. The van der Waals surface area contributed by atoms with Gasteiger partial charge in [0.2, 0.25) is 0 Å². The predicted octanol–water partition coefficient (Wildman–Crippen LogP) is 2.36. The zero-order valence-electron chi connectivity index (χ0n) is 18.0. The van der Waals surface area contributed by atoms with E-state index in [9.17, 15) is 0 Å². The summed E-state index contributed by atoms with van der Waals surface area (Å²) in [7, 11) is 1.80. The van der Waals surface area contributed by atoms with Crippen LogP contribution in [0, 0.1) is 11.8 Å². The number of guanidine groups is 1. The Labute approximate surface area is 170 Å². The molecule has 2 unspecified atom stereocenters. The molecule has 1 saturated heterocycles. The average molecular weight is 391 g/mol. The Morgan fingerprint density at radius 1 is 1.25 bits per heavy atom. The predicted molar refractivity (Wildman–Crippen MR) is 116 cm³/mol. The highest BCUT2D eigenvalue weighted by atomic mass is 16.5. The quantitative estimate of drug-likeness (QED) is 0.474. The Balaban J connectivity index is 1.61. The largest absolute Gasteiger partial charge is 0.376 e. The third kappa shape index (κ3) is 9.04. The van der Waals surface area contributed by atoms with Gasteiger partial charge >= 0.3 is 0 Å². The van der Waals surface area contributed by atoms with Crippen LogP contribution in [0.2, 0.25) is 0 Å². The van der Waals surface area contributed by atoms with E-state index in [0.717, 1.165) is 51.9 Å². The molecule has 0 amide bonds. The molecule has 1 aliphatic heterocycles. The van der Waals surface area contributed by atoms with Crippen LogP contribution >= 0.6 is 0 Å². The highest BCUT2D eigenvalue weighted by molar-refractivity contribution is 5.79. The van der Waals surface area contributed by atoms with E-state index in [1.807, 2.05) is 18.2 Å². The number of aliphatic imine (C=N–C) groups is 1. The summed E-state index contributed by atoms with van der Waals surface area (Å²) in [5.74, 6) is 1.90. The molecule has 0 bridgehead atoms. The van der Waals surface area contributed by atoms with Gasteiger partial charge in [0.25, 0.3) is 0 Å². The minimum absolute atomic E-state index is 0.206. The van der Waals surface area contributed by atoms with E-state index >= 15 is 0 Å². The maximum atomic E-state index is 5.90. The van der Waals surface area contributed by atoms with Crippen LogP contribution in [-0.4, -0.2) is 69.9 Å². The second kappa shape index (κ2) is 12.8. The Hall–Kier alpha value is -1.63. The van der Waals surface area contributed by atoms with Crippen LogP contribution < -0.4 is 10.6 Å². The van der Waals surface area contributed by atoms with Crippen LogP contribution in [0.5, 0.6) is 0 Å². The Morgan fingerprint density at radius 3 is 2.75 bits per heavy atom. The van der Waals surface area contributed by atoms with Crippen molar-refractivity contribution in [2.45, 2.75) is 33.5 Å². The zero-order valence-corrected chi connectivity index (χ0v) is 18.0. The van der Waals surface area contributed by atoms with Crippen molar-refractivity contribution in [3.63, 3.8) is 0 Å². The van der Waals surface area contributed by atoms with Crippen LogP contribution in [-0.2, 0) is 16.1 Å². The van der Waals surface area contributed by atoms with Gasteiger partial charge in [-0.15, -0.1) is 0 Å². The summed E-state index contributed by atoms with van der Waals surface area (Å²) in [6, 6.07) is 10.3. The maximum absolute atomic E-state index is 5.90. The van der Waals surface area contributed by atoms with Crippen LogP contribution in [0.3, 0.4) is 0 Å². The van der Waals surface area contributed by atoms with Gasteiger partial charge in [0.1, 0.15) is 0 Å². The van der Waals surface area contributed by atoms with Gasteiger partial charge in [-0.05, 0) is 17.4 Å². The fraction of sp³-hybridized carbons (Fsp3) is 0.682. The molecule has 6 nitrogen and oxygen atoms in total. The highest BCUT2D eigenvalue weighted by Gasteiger charge is 2.21. The van der Waals surface area contributed by atoms with Gasteiger partial charge in [0, 0.05) is 39.8 Å². The number of rotatable bonds is 10. The summed E-state index contributed by atoms with van der Waals surface area (Å²) in [6.45, 7) is 13.6. The van der Waals surface area contributed by atoms with Crippen LogP contribution in [0.15, 0.2) is 35.3 Å². The topological polar surface area (TPSA) is 58.1 Å². The zero-order chi connectivity index (χ0) is 20.2. The van der Waals surface area contributed by atoms with Crippen LogP contribution in [0.25, 0.3) is 0 Å². The summed E-state index contributed by atoms with van der Waals surface area (Å²) in [6.07, 6.45) is 0.206. The molecule has 2 N–H and O–H groups in total. The smallest absolute Gasteiger partial charge is 0.191 e. The first-order valence-corrected chi connectivity index (χ1v) is 10.5. The monoisotopic (exact) mass is 390 g/mol. The van der Waals surface area contributed by atoms with Crippen molar-refractivity contribution in [1.29, 1.82) is 0 Å². The number of morpholine rings is 1. The summed E-state index contributed by atoms with van der Waals surface area (Å²) in [5.41, 5.74) is 1.21. The molecule has 1 fully saturated rings. The molecule has 1 heterocycles. The van der Waals surface area contributed by atoms with Gasteiger partial charge in [-0.2, -0.15) is 0 Å². The second-order valence-corrected chi connectivity index (χ2v) is 8.09. The molecule has 1 aliphatic rings. The van der Waals surface area contributed by atoms with Crippen molar-refractivity contribution in [1.82, 2.24) is 15.5 Å². The first kappa shape index (κ1) is 22.7. The molecule has 1 aromatic rings. The molecule has 2 atom stereocenters. The standard InChI is InChI=1S/C22H38N4O2/c1-18(2)14-26-10-11-28-21(15-26)13-25-22(23-4)24-12-19(3)16-27-17-20-8-6-5-7-9-20/h5-9,18-19,21H,10-17H2,1-4H3,(H2,23,24,25). The van der Waals surface area contributed by atoms with E-state index in [4.69, 9.17) is 9.47 Å². The normalized spacial score (nSPS) is 19.6. The molecular formula is C22H38N4O2. The summed E-state index contributed by atoms with van der Waals surface area (Å²) >= 11 is 0. The molecule has 2 rings (SSSR count). The molecule has 1 aromatic carbocycles. The van der Waals surface area contributed by atoms with Crippen molar-refractivity contribution in [2.24, 2.45) is 16.8 Å². The first-order chi connectivity index (χ1) is 13.6. The lowest BCUT2D eigenvalue weighted by Gasteiger charge is -2.34. The van der Waals surface area contributed by atoms with Crippen LogP contribution in [0.4, 0.5) is 0 Å². The van der Waals surface area contributed by atoms with Gasteiger partial charge in [-0.3, -0.25) is 9.89 Å². The second-order valence-electron chi connectivity index (χ2n) is 8.09. The van der Waals surface area contributed by atoms with E-state index in [1.54, 1.807) is 7.05 Å². The molecular weight excluding hydrogens is 352 g/mol. The minimum Gasteiger partial charge on any atom is -0.376 e.